The summed E-state index contributed by atoms with van der Waals surface area (Å²) in [5.74, 6) is 1.06. The third kappa shape index (κ3) is 2.41. The van der Waals surface area contributed by atoms with Crippen molar-refractivity contribution in [1.82, 2.24) is 4.90 Å². The quantitative estimate of drug-likeness (QED) is 0.885. The third-order valence-corrected chi connectivity index (χ3v) is 3.72. The summed E-state index contributed by atoms with van der Waals surface area (Å²) >= 11 is 0. The molecule has 2 N–H and O–H groups in total. The van der Waals surface area contributed by atoms with Gasteiger partial charge in [-0.15, -0.1) is 0 Å². The van der Waals surface area contributed by atoms with Gasteiger partial charge in [0.1, 0.15) is 5.84 Å². The zero-order chi connectivity index (χ0) is 13.1. The molecule has 18 heavy (non-hydrogen) atoms. The van der Waals surface area contributed by atoms with Crippen LogP contribution >= 0.6 is 0 Å². The largest absolute Gasteiger partial charge is 0.357 e. The number of aliphatic imine (C=N–C) groups is 1. The van der Waals surface area contributed by atoms with Crippen molar-refractivity contribution < 1.29 is 0 Å². The van der Waals surface area contributed by atoms with Crippen LogP contribution in [0.1, 0.15) is 36.1 Å². The minimum absolute atomic E-state index is 0.0843. The molecule has 1 atom stereocenters. The highest BCUT2D eigenvalue weighted by atomic mass is 15.2. The zero-order valence-electron chi connectivity index (χ0n) is 11.6. The molecule has 1 aliphatic heterocycles. The van der Waals surface area contributed by atoms with Gasteiger partial charge in [-0.05, 0) is 37.0 Å². The Labute approximate surface area is 110 Å². The number of nitrogens with two attached hydrogens (primary N) is 1. The van der Waals surface area contributed by atoms with Crippen LogP contribution in [0.25, 0.3) is 0 Å². The molecule has 1 aliphatic rings. The van der Waals surface area contributed by atoms with Crippen LogP contribution in [-0.2, 0) is 0 Å². The number of benzene rings is 1. The molecule has 0 fully saturated rings. The molecule has 0 aliphatic carbocycles. The van der Waals surface area contributed by atoms with Gasteiger partial charge in [-0.1, -0.05) is 25.1 Å². The summed E-state index contributed by atoms with van der Waals surface area (Å²) in [6.45, 7) is 9.42. The number of aryl methyl sites for hydroxylation is 1. The Kier molecular flexibility index (Phi) is 4.02. The zero-order valence-corrected chi connectivity index (χ0v) is 11.6. The smallest absolute Gasteiger partial charge is 0.121 e. The number of amidine groups is 1. The number of rotatable bonds is 4. The van der Waals surface area contributed by atoms with Crippen LogP contribution in [0.4, 0.5) is 0 Å². The molecular weight excluding hydrogens is 222 g/mol. The van der Waals surface area contributed by atoms with E-state index < -0.39 is 0 Å². The second-order valence-corrected chi connectivity index (χ2v) is 4.99. The summed E-state index contributed by atoms with van der Waals surface area (Å²) in [4.78, 5) is 6.93. The highest BCUT2D eigenvalue weighted by molar-refractivity contribution is 5.90. The van der Waals surface area contributed by atoms with Crippen molar-refractivity contribution in [2.75, 3.05) is 19.6 Å². The molecule has 0 radical (unpaired) electrons. The van der Waals surface area contributed by atoms with E-state index in [0.717, 1.165) is 31.9 Å². The maximum absolute atomic E-state index is 6.42. The summed E-state index contributed by atoms with van der Waals surface area (Å²) in [5.41, 5.74) is 10.2. The molecule has 1 aromatic rings. The second-order valence-electron chi connectivity index (χ2n) is 4.99. The minimum atomic E-state index is -0.0843. The van der Waals surface area contributed by atoms with Crippen LogP contribution in [-0.4, -0.2) is 30.4 Å². The van der Waals surface area contributed by atoms with Gasteiger partial charge >= 0.3 is 0 Å². The Morgan fingerprint density at radius 3 is 2.89 bits per heavy atom. The molecule has 0 amide bonds. The minimum Gasteiger partial charge on any atom is -0.357 e. The van der Waals surface area contributed by atoms with Crippen LogP contribution in [0.2, 0.25) is 0 Å². The van der Waals surface area contributed by atoms with Crippen LogP contribution < -0.4 is 5.73 Å². The first-order valence-corrected chi connectivity index (χ1v) is 6.76. The summed E-state index contributed by atoms with van der Waals surface area (Å²) in [5, 5.41) is 0. The van der Waals surface area contributed by atoms with Crippen molar-refractivity contribution in [3.8, 4) is 0 Å². The number of nitrogens with zero attached hydrogens (tertiary/aromatic N) is 2. The monoisotopic (exact) mass is 245 g/mol. The standard InChI is InChI=1S/C15H23N3/c1-4-9-18-10-8-17-15(18)14(16)13-7-5-6-11(2)12(13)3/h5-7,14H,4,8-10,16H2,1-3H3. The van der Waals surface area contributed by atoms with Crippen molar-refractivity contribution in [3.63, 3.8) is 0 Å². The van der Waals surface area contributed by atoms with Crippen molar-refractivity contribution >= 4 is 5.84 Å². The van der Waals surface area contributed by atoms with E-state index in [0.29, 0.717) is 0 Å². The molecule has 1 unspecified atom stereocenters. The predicted molar refractivity (Wildman–Crippen MR) is 77.0 cm³/mol. The molecule has 1 aromatic carbocycles. The van der Waals surface area contributed by atoms with Gasteiger partial charge in [0.05, 0.1) is 12.6 Å². The van der Waals surface area contributed by atoms with E-state index >= 15 is 0 Å². The maximum Gasteiger partial charge on any atom is 0.121 e. The Balaban J connectivity index is 2.25. The highest BCUT2D eigenvalue weighted by Crippen LogP contribution is 2.23. The molecule has 0 saturated heterocycles. The Hall–Kier alpha value is -1.35. The average molecular weight is 245 g/mol. The first-order valence-electron chi connectivity index (χ1n) is 6.76. The summed E-state index contributed by atoms with van der Waals surface area (Å²) in [6.07, 6.45) is 1.14. The van der Waals surface area contributed by atoms with Crippen molar-refractivity contribution in [3.05, 3.63) is 34.9 Å². The fraction of sp³-hybridized carbons (Fsp3) is 0.533. The Morgan fingerprint density at radius 1 is 1.39 bits per heavy atom. The topological polar surface area (TPSA) is 41.6 Å². The summed E-state index contributed by atoms with van der Waals surface area (Å²) in [7, 11) is 0. The predicted octanol–water partition coefficient (Wildman–Crippen LogP) is 2.43. The van der Waals surface area contributed by atoms with Gasteiger partial charge in [-0.2, -0.15) is 0 Å². The van der Waals surface area contributed by atoms with Crippen LogP contribution in [0.5, 0.6) is 0 Å². The summed E-state index contributed by atoms with van der Waals surface area (Å²) in [6, 6.07) is 6.25. The molecule has 3 heteroatoms. The van der Waals surface area contributed by atoms with Gasteiger partial charge in [0.2, 0.25) is 0 Å². The fourth-order valence-corrected chi connectivity index (χ4v) is 2.54. The SMILES string of the molecule is CCCN1CCN=C1C(N)c1cccc(C)c1C. The van der Waals surface area contributed by atoms with Gasteiger partial charge in [-0.25, -0.2) is 0 Å². The van der Waals surface area contributed by atoms with E-state index in [4.69, 9.17) is 5.73 Å². The molecule has 2 rings (SSSR count). The summed E-state index contributed by atoms with van der Waals surface area (Å²) < 4.78 is 0. The van der Waals surface area contributed by atoms with E-state index in [-0.39, 0.29) is 6.04 Å². The average Bonchev–Trinajstić information content (AvgIpc) is 2.80. The van der Waals surface area contributed by atoms with Crippen molar-refractivity contribution in [2.24, 2.45) is 10.7 Å². The molecule has 0 bridgehead atoms. The van der Waals surface area contributed by atoms with E-state index in [9.17, 15) is 0 Å². The van der Waals surface area contributed by atoms with Gasteiger partial charge < -0.3 is 10.6 Å². The van der Waals surface area contributed by atoms with E-state index in [1.807, 2.05) is 0 Å². The Morgan fingerprint density at radius 2 is 2.17 bits per heavy atom. The third-order valence-electron chi connectivity index (χ3n) is 3.72. The van der Waals surface area contributed by atoms with Gasteiger partial charge in [0, 0.05) is 13.1 Å². The van der Waals surface area contributed by atoms with Crippen molar-refractivity contribution in [1.29, 1.82) is 0 Å². The lowest BCUT2D eigenvalue weighted by molar-refractivity contribution is 0.442. The Bertz CT molecular complexity index is 451. The molecule has 0 saturated carbocycles. The molecule has 1 heterocycles. The van der Waals surface area contributed by atoms with E-state index in [1.165, 1.54) is 16.7 Å². The maximum atomic E-state index is 6.42. The lowest BCUT2D eigenvalue weighted by atomic mass is 9.97. The first-order chi connectivity index (χ1) is 8.65. The lowest BCUT2D eigenvalue weighted by Gasteiger charge is -2.25. The fourth-order valence-electron chi connectivity index (χ4n) is 2.54. The molecule has 98 valence electrons. The van der Waals surface area contributed by atoms with Crippen LogP contribution in [0.15, 0.2) is 23.2 Å². The van der Waals surface area contributed by atoms with E-state index in [1.54, 1.807) is 0 Å². The van der Waals surface area contributed by atoms with Crippen LogP contribution in [0.3, 0.4) is 0 Å². The van der Waals surface area contributed by atoms with Crippen molar-refractivity contribution in [2.45, 2.75) is 33.2 Å². The molecule has 3 nitrogen and oxygen atoms in total. The second kappa shape index (κ2) is 5.53. The number of hydrogen-bond acceptors (Lipinski definition) is 3. The van der Waals surface area contributed by atoms with Gasteiger partial charge in [-0.3, -0.25) is 4.99 Å². The first kappa shape index (κ1) is 13.1. The van der Waals surface area contributed by atoms with Gasteiger partial charge in [0.25, 0.3) is 0 Å². The normalized spacial score (nSPS) is 16.9. The highest BCUT2D eigenvalue weighted by Gasteiger charge is 2.24. The van der Waals surface area contributed by atoms with Gasteiger partial charge in [0.15, 0.2) is 0 Å². The number of hydrogen-bond donors (Lipinski definition) is 1. The molecule has 0 aromatic heterocycles. The van der Waals surface area contributed by atoms with E-state index in [2.05, 4.69) is 48.9 Å². The van der Waals surface area contributed by atoms with Crippen LogP contribution in [0, 0.1) is 13.8 Å². The molecular formula is C15H23N3. The lowest BCUT2D eigenvalue weighted by Crippen LogP contribution is -2.36. The molecule has 0 spiro atoms.